The number of nitrogen functional groups attached to an aromatic ring is 1. The van der Waals surface area contributed by atoms with Crippen molar-refractivity contribution in [2.75, 3.05) is 12.8 Å². The molecular weight excluding hydrogens is 147 g/mol. The second kappa shape index (κ2) is 2.74. The summed E-state index contributed by atoms with van der Waals surface area (Å²) in [6.45, 7) is 1.57. The number of ether oxygens (including phenoxy) is 1. The summed E-state index contributed by atoms with van der Waals surface area (Å²) in [6, 6.07) is 0. The van der Waals surface area contributed by atoms with Crippen molar-refractivity contribution in [1.82, 2.24) is 4.98 Å². The van der Waals surface area contributed by atoms with E-state index in [9.17, 15) is 4.39 Å². The average molecular weight is 156 g/mol. The van der Waals surface area contributed by atoms with Crippen LogP contribution in [0.25, 0.3) is 0 Å². The van der Waals surface area contributed by atoms with E-state index in [1.54, 1.807) is 6.92 Å². The van der Waals surface area contributed by atoms with Gasteiger partial charge in [0.1, 0.15) is 0 Å². The lowest BCUT2D eigenvalue weighted by atomic mass is 10.2. The molecule has 0 aliphatic carbocycles. The molecule has 0 spiro atoms. The van der Waals surface area contributed by atoms with Crippen molar-refractivity contribution >= 4 is 5.69 Å². The van der Waals surface area contributed by atoms with Crippen LogP contribution in [0.3, 0.4) is 0 Å². The van der Waals surface area contributed by atoms with Crippen LogP contribution < -0.4 is 10.5 Å². The van der Waals surface area contributed by atoms with Crippen molar-refractivity contribution in [2.45, 2.75) is 6.92 Å². The molecule has 60 valence electrons. The van der Waals surface area contributed by atoms with Crippen LogP contribution in [0.15, 0.2) is 6.20 Å². The standard InChI is InChI=1S/C7H9FN2O/c1-4-6(8)5(9)3-10-7(4)11-2/h3H,9H2,1-2H3. The van der Waals surface area contributed by atoms with Crippen molar-refractivity contribution in [3.05, 3.63) is 17.6 Å². The summed E-state index contributed by atoms with van der Waals surface area (Å²) in [6.07, 6.45) is 1.24. The minimum Gasteiger partial charge on any atom is -0.481 e. The van der Waals surface area contributed by atoms with Gasteiger partial charge in [-0.2, -0.15) is 0 Å². The second-order valence-electron chi connectivity index (χ2n) is 2.16. The molecule has 11 heavy (non-hydrogen) atoms. The average Bonchev–Trinajstić information content (AvgIpc) is 2.01. The molecular formula is C7H9FN2O. The van der Waals surface area contributed by atoms with Gasteiger partial charge in [-0.25, -0.2) is 9.37 Å². The molecule has 0 aliphatic heterocycles. The largest absolute Gasteiger partial charge is 0.481 e. The monoisotopic (exact) mass is 156 g/mol. The van der Waals surface area contributed by atoms with Crippen LogP contribution in [0.5, 0.6) is 5.88 Å². The third-order valence-corrected chi connectivity index (χ3v) is 1.42. The first-order valence-corrected chi connectivity index (χ1v) is 3.11. The number of nitrogens with zero attached hydrogens (tertiary/aromatic N) is 1. The number of pyridine rings is 1. The molecule has 0 fully saturated rings. The van der Waals surface area contributed by atoms with E-state index in [1.807, 2.05) is 0 Å². The Labute approximate surface area is 64.0 Å². The summed E-state index contributed by atoms with van der Waals surface area (Å²) in [5.74, 6) is -0.187. The van der Waals surface area contributed by atoms with Gasteiger partial charge in [0, 0.05) is 5.56 Å². The molecule has 0 bridgehead atoms. The number of halogens is 1. The van der Waals surface area contributed by atoms with E-state index in [2.05, 4.69) is 4.98 Å². The van der Waals surface area contributed by atoms with Gasteiger partial charge in [0.25, 0.3) is 0 Å². The molecule has 4 heteroatoms. The van der Waals surface area contributed by atoms with Crippen LogP contribution in [-0.2, 0) is 0 Å². The highest BCUT2D eigenvalue weighted by atomic mass is 19.1. The molecule has 3 nitrogen and oxygen atoms in total. The van der Waals surface area contributed by atoms with Crippen LogP contribution in [-0.4, -0.2) is 12.1 Å². The van der Waals surface area contributed by atoms with Crippen LogP contribution >= 0.6 is 0 Å². The summed E-state index contributed by atoms with van der Waals surface area (Å²) in [5, 5.41) is 0. The summed E-state index contributed by atoms with van der Waals surface area (Å²) in [5.41, 5.74) is 5.64. The Morgan fingerprint density at radius 3 is 2.82 bits per heavy atom. The fourth-order valence-electron chi connectivity index (χ4n) is 0.798. The Hall–Kier alpha value is -1.32. The maximum absolute atomic E-state index is 12.9. The molecule has 1 heterocycles. The van der Waals surface area contributed by atoms with Gasteiger partial charge in [0.15, 0.2) is 5.82 Å². The van der Waals surface area contributed by atoms with E-state index in [0.29, 0.717) is 5.56 Å². The third-order valence-electron chi connectivity index (χ3n) is 1.42. The lowest BCUT2D eigenvalue weighted by Crippen LogP contribution is -1.99. The molecule has 0 atom stereocenters. The number of methoxy groups -OCH3 is 1. The normalized spacial score (nSPS) is 9.73. The Balaban J connectivity index is 3.25. The van der Waals surface area contributed by atoms with Crippen LogP contribution in [0, 0.1) is 12.7 Å². The van der Waals surface area contributed by atoms with Gasteiger partial charge in [-0.3, -0.25) is 0 Å². The van der Waals surface area contributed by atoms with Crippen LogP contribution in [0.4, 0.5) is 10.1 Å². The van der Waals surface area contributed by atoms with E-state index in [0.717, 1.165) is 0 Å². The number of rotatable bonds is 1. The summed E-state index contributed by atoms with van der Waals surface area (Å²) < 4.78 is 17.7. The van der Waals surface area contributed by atoms with Gasteiger partial charge in [0.2, 0.25) is 5.88 Å². The Morgan fingerprint density at radius 2 is 2.27 bits per heavy atom. The van der Waals surface area contributed by atoms with E-state index in [1.165, 1.54) is 13.3 Å². The molecule has 0 unspecified atom stereocenters. The Bertz CT molecular complexity index is 275. The van der Waals surface area contributed by atoms with Gasteiger partial charge >= 0.3 is 0 Å². The molecule has 0 aliphatic rings. The third kappa shape index (κ3) is 1.24. The van der Waals surface area contributed by atoms with Gasteiger partial charge in [-0.15, -0.1) is 0 Å². The number of nitrogens with two attached hydrogens (primary N) is 1. The number of hydrogen-bond donors (Lipinski definition) is 1. The predicted octanol–water partition coefficient (Wildman–Crippen LogP) is 1.12. The highest BCUT2D eigenvalue weighted by Gasteiger charge is 2.08. The van der Waals surface area contributed by atoms with Gasteiger partial charge in [-0.1, -0.05) is 0 Å². The SMILES string of the molecule is COc1ncc(N)c(F)c1C. The lowest BCUT2D eigenvalue weighted by molar-refractivity contribution is 0.390. The molecule has 0 saturated heterocycles. The topological polar surface area (TPSA) is 48.1 Å². The highest BCUT2D eigenvalue weighted by molar-refractivity contribution is 5.43. The maximum Gasteiger partial charge on any atom is 0.219 e. The number of aromatic nitrogens is 1. The minimum absolute atomic E-state index is 0.0447. The zero-order valence-electron chi connectivity index (χ0n) is 6.39. The lowest BCUT2D eigenvalue weighted by Gasteiger charge is -2.04. The molecule has 1 aromatic rings. The van der Waals surface area contributed by atoms with Crippen molar-refractivity contribution in [2.24, 2.45) is 0 Å². The van der Waals surface area contributed by atoms with E-state index in [-0.39, 0.29) is 11.6 Å². The molecule has 0 radical (unpaired) electrons. The van der Waals surface area contributed by atoms with Crippen molar-refractivity contribution in [3.8, 4) is 5.88 Å². The summed E-state index contributed by atoms with van der Waals surface area (Å²) >= 11 is 0. The maximum atomic E-state index is 12.9. The number of hydrogen-bond acceptors (Lipinski definition) is 3. The smallest absolute Gasteiger partial charge is 0.219 e. The van der Waals surface area contributed by atoms with Crippen molar-refractivity contribution < 1.29 is 9.13 Å². The second-order valence-corrected chi connectivity index (χ2v) is 2.16. The Morgan fingerprint density at radius 1 is 1.64 bits per heavy atom. The molecule has 1 rings (SSSR count). The fraction of sp³-hybridized carbons (Fsp3) is 0.286. The van der Waals surface area contributed by atoms with Crippen molar-refractivity contribution in [3.63, 3.8) is 0 Å². The summed E-state index contributed by atoms with van der Waals surface area (Å²) in [4.78, 5) is 3.77. The van der Waals surface area contributed by atoms with Gasteiger partial charge < -0.3 is 10.5 Å². The molecule has 0 saturated carbocycles. The van der Waals surface area contributed by atoms with E-state index in [4.69, 9.17) is 10.5 Å². The molecule has 1 aromatic heterocycles. The first kappa shape index (κ1) is 7.78. The van der Waals surface area contributed by atoms with Crippen molar-refractivity contribution in [1.29, 1.82) is 0 Å². The first-order chi connectivity index (χ1) is 5.16. The molecule has 0 aromatic carbocycles. The molecule has 2 N–H and O–H groups in total. The van der Waals surface area contributed by atoms with E-state index >= 15 is 0 Å². The predicted molar refractivity (Wildman–Crippen MR) is 39.9 cm³/mol. The van der Waals surface area contributed by atoms with E-state index < -0.39 is 5.82 Å². The summed E-state index contributed by atoms with van der Waals surface area (Å²) in [7, 11) is 1.44. The fourth-order valence-corrected chi connectivity index (χ4v) is 0.798. The van der Waals surface area contributed by atoms with Crippen LogP contribution in [0.2, 0.25) is 0 Å². The number of anilines is 1. The van der Waals surface area contributed by atoms with Gasteiger partial charge in [0.05, 0.1) is 19.0 Å². The minimum atomic E-state index is -0.461. The first-order valence-electron chi connectivity index (χ1n) is 3.11. The highest BCUT2D eigenvalue weighted by Crippen LogP contribution is 2.20. The van der Waals surface area contributed by atoms with Gasteiger partial charge in [-0.05, 0) is 6.92 Å². The zero-order valence-corrected chi connectivity index (χ0v) is 6.39. The molecule has 0 amide bonds. The Kier molecular flexibility index (Phi) is 1.94. The zero-order chi connectivity index (χ0) is 8.43. The quantitative estimate of drug-likeness (QED) is 0.662. The van der Waals surface area contributed by atoms with Crippen LogP contribution in [0.1, 0.15) is 5.56 Å².